The fourth-order valence-corrected chi connectivity index (χ4v) is 6.76. The Morgan fingerprint density at radius 2 is 1.70 bits per heavy atom. The minimum atomic E-state index is -3.84. The van der Waals surface area contributed by atoms with Crippen molar-refractivity contribution >= 4 is 47.9 Å². The zero-order valence-corrected chi connectivity index (χ0v) is 25.2. The van der Waals surface area contributed by atoms with E-state index >= 15 is 4.39 Å². The van der Waals surface area contributed by atoms with Crippen molar-refractivity contribution in [1.29, 1.82) is 0 Å². The molecule has 6 atom stereocenters. The average Bonchev–Trinajstić information content (AvgIpc) is 3.09. The normalized spacial score (nSPS) is 27.1. The number of hydrogen-bond acceptors (Lipinski definition) is 9. The third kappa shape index (κ3) is 8.51. The summed E-state index contributed by atoms with van der Waals surface area (Å²) >= 11 is 11.4. The lowest BCUT2D eigenvalue weighted by Crippen LogP contribution is -2.52. The molecule has 2 rings (SSSR count). The number of esters is 2. The minimum Gasteiger partial charge on any atom is -0.462 e. The maximum Gasteiger partial charge on any atom is 0.323 e. The maximum atomic E-state index is 15.4. The number of urea groups is 1. The number of aliphatic hydroxyl groups is 1. The van der Waals surface area contributed by atoms with Crippen LogP contribution in [0.4, 0.5) is 18.0 Å². The van der Waals surface area contributed by atoms with E-state index in [-0.39, 0.29) is 11.6 Å². The first-order chi connectivity index (χ1) is 18.4. The molecule has 40 heavy (non-hydrogen) atoms. The number of hydrogen-bond donors (Lipinski definition) is 4. The summed E-state index contributed by atoms with van der Waals surface area (Å²) in [6.07, 6.45) is -10.4. The molecule has 12 nitrogen and oxygen atoms in total. The van der Waals surface area contributed by atoms with Crippen LogP contribution in [0.15, 0.2) is 11.2 Å². The first-order valence-electron chi connectivity index (χ1n) is 12.3. The summed E-state index contributed by atoms with van der Waals surface area (Å²) in [5.74, 6) is -1.52. The second-order valence-electron chi connectivity index (χ2n) is 9.80. The van der Waals surface area contributed by atoms with Crippen LogP contribution in [-0.2, 0) is 40.1 Å². The van der Waals surface area contributed by atoms with Crippen LogP contribution in [0.1, 0.15) is 41.5 Å². The first kappa shape index (κ1) is 34.7. The molecule has 0 aliphatic carbocycles. The van der Waals surface area contributed by atoms with Crippen LogP contribution in [0, 0.1) is 0 Å². The van der Waals surface area contributed by atoms with Gasteiger partial charge >= 0.3 is 18.0 Å². The van der Waals surface area contributed by atoms with Crippen LogP contribution in [0.5, 0.6) is 0 Å². The standard InChI is InChI=1S/C22H35ClF3N4O8PS/c1-10(2)36-18(32)12(5)28-39(40,29-13(6)19(33)37-11(3)4)35-9-22(20(25)26)16(24)15(31)17(38-22)30-8-14(23)7-27-21(30)34/h8,10-13,15-17,20,31H,7,9H2,1-6H3,(H,27,34)(H2,28,29,40)/t12-,13-,15+,16+,17+,22+/m0/s1. The Hall–Kier alpha value is -1.52. The molecule has 0 bridgehead atoms. The van der Waals surface area contributed by atoms with Gasteiger partial charge in [-0.3, -0.25) is 14.5 Å². The van der Waals surface area contributed by atoms with Crippen molar-refractivity contribution < 1.29 is 51.4 Å². The summed E-state index contributed by atoms with van der Waals surface area (Å²) in [5, 5.41) is 18.2. The molecule has 2 aliphatic rings. The van der Waals surface area contributed by atoms with Crippen LogP contribution in [0.2, 0.25) is 0 Å². The Morgan fingerprint density at radius 1 is 1.20 bits per heavy atom. The Bertz CT molecular complexity index is 995. The van der Waals surface area contributed by atoms with Crippen molar-refractivity contribution in [2.24, 2.45) is 0 Å². The third-order valence-electron chi connectivity index (χ3n) is 5.57. The molecule has 2 heterocycles. The van der Waals surface area contributed by atoms with Crippen LogP contribution < -0.4 is 15.5 Å². The molecule has 2 aliphatic heterocycles. The summed E-state index contributed by atoms with van der Waals surface area (Å²) in [5.41, 5.74) is -3.10. The first-order valence-corrected chi connectivity index (χ1v) is 15.4. The molecule has 0 aromatic carbocycles. The van der Waals surface area contributed by atoms with Gasteiger partial charge in [0.25, 0.3) is 6.43 Å². The van der Waals surface area contributed by atoms with Gasteiger partial charge in [-0.05, 0) is 53.3 Å². The topological polar surface area (TPSA) is 148 Å². The van der Waals surface area contributed by atoms with Gasteiger partial charge in [-0.15, -0.1) is 0 Å². The van der Waals surface area contributed by atoms with Gasteiger partial charge in [0.2, 0.25) is 0 Å². The molecule has 18 heteroatoms. The molecular weight excluding hydrogens is 604 g/mol. The molecule has 0 unspecified atom stereocenters. The van der Waals surface area contributed by atoms with E-state index in [0.717, 1.165) is 6.20 Å². The molecule has 0 aromatic rings. The number of alkyl halides is 3. The highest BCUT2D eigenvalue weighted by Crippen LogP contribution is 2.46. The third-order valence-corrected chi connectivity index (χ3v) is 8.70. The van der Waals surface area contributed by atoms with Gasteiger partial charge in [-0.25, -0.2) is 28.1 Å². The number of nitrogens with one attached hydrogen (secondary N) is 3. The number of nitrogens with zero attached hydrogens (tertiary/aromatic N) is 1. The second kappa shape index (κ2) is 14.1. The zero-order chi connectivity index (χ0) is 30.6. The van der Waals surface area contributed by atoms with Gasteiger partial charge in [-0.1, -0.05) is 11.6 Å². The smallest absolute Gasteiger partial charge is 0.323 e. The molecule has 0 aromatic heterocycles. The van der Waals surface area contributed by atoms with Crippen LogP contribution >= 0.6 is 18.2 Å². The predicted octanol–water partition coefficient (Wildman–Crippen LogP) is 2.25. The SMILES string of the molecule is CC(C)OC(=O)[C@H](C)NP(=S)(N[C@@H](C)C(=O)OC(C)C)OC[C@@]1(C(F)F)O[C@@H](N2C=C(Cl)CNC2=O)[C@H](O)[C@H]1F. The molecule has 2 amide bonds. The number of ether oxygens (including phenoxy) is 3. The Labute approximate surface area is 240 Å². The van der Waals surface area contributed by atoms with Crippen molar-refractivity contribution in [3.63, 3.8) is 0 Å². The highest BCUT2D eigenvalue weighted by atomic mass is 35.5. The molecule has 4 N–H and O–H groups in total. The highest BCUT2D eigenvalue weighted by Gasteiger charge is 2.63. The fraction of sp³-hybridized carbons (Fsp3) is 0.773. The molecule has 0 radical (unpaired) electrons. The van der Waals surface area contributed by atoms with E-state index < -0.39 is 86.0 Å². The molecular formula is C22H35ClF3N4O8PS. The van der Waals surface area contributed by atoms with E-state index in [4.69, 9.17) is 42.1 Å². The van der Waals surface area contributed by atoms with E-state index in [1.165, 1.54) is 13.8 Å². The lowest BCUT2D eigenvalue weighted by atomic mass is 9.98. The van der Waals surface area contributed by atoms with Gasteiger partial charge in [-0.2, -0.15) is 0 Å². The Balaban J connectivity index is 2.35. The van der Waals surface area contributed by atoms with Gasteiger partial charge in [0.15, 0.2) is 24.6 Å². The molecule has 0 saturated carbocycles. The minimum absolute atomic E-state index is 0.0585. The fourth-order valence-electron chi connectivity index (χ4n) is 3.65. The van der Waals surface area contributed by atoms with E-state index in [0.29, 0.717) is 4.90 Å². The molecule has 1 fully saturated rings. The zero-order valence-electron chi connectivity index (χ0n) is 22.7. The molecule has 230 valence electrons. The lowest BCUT2D eigenvalue weighted by molar-refractivity contribution is -0.183. The Kier molecular flexibility index (Phi) is 12.2. The number of amides is 2. The predicted molar refractivity (Wildman–Crippen MR) is 142 cm³/mol. The summed E-state index contributed by atoms with van der Waals surface area (Å²) < 4.78 is 65.5. The van der Waals surface area contributed by atoms with E-state index in [1.807, 2.05) is 0 Å². The van der Waals surface area contributed by atoms with Crippen LogP contribution in [-0.4, -0.2) is 95.9 Å². The number of halogens is 4. The van der Waals surface area contributed by atoms with Crippen molar-refractivity contribution in [2.45, 2.75) is 96.4 Å². The summed E-state index contributed by atoms with van der Waals surface area (Å²) in [6.45, 7) is 4.02. The van der Waals surface area contributed by atoms with E-state index in [1.54, 1.807) is 27.7 Å². The number of aliphatic hydroxyl groups excluding tert-OH is 1. The van der Waals surface area contributed by atoms with Crippen LogP contribution in [0.3, 0.4) is 0 Å². The quantitative estimate of drug-likeness (QED) is 0.174. The summed E-state index contributed by atoms with van der Waals surface area (Å²) in [4.78, 5) is 37.7. The van der Waals surface area contributed by atoms with Crippen molar-refractivity contribution in [1.82, 2.24) is 20.4 Å². The van der Waals surface area contributed by atoms with Crippen molar-refractivity contribution in [3.8, 4) is 0 Å². The van der Waals surface area contributed by atoms with Gasteiger partial charge < -0.3 is 29.2 Å². The number of carbonyl (C=O) groups excluding carboxylic acids is 3. The van der Waals surface area contributed by atoms with Gasteiger partial charge in [0.1, 0.15) is 18.2 Å². The summed E-state index contributed by atoms with van der Waals surface area (Å²) in [6, 6.07) is -3.16. The van der Waals surface area contributed by atoms with E-state index in [2.05, 4.69) is 15.5 Å². The van der Waals surface area contributed by atoms with Gasteiger partial charge in [0, 0.05) is 6.20 Å². The van der Waals surface area contributed by atoms with Gasteiger partial charge in [0.05, 0.1) is 30.4 Å². The van der Waals surface area contributed by atoms with Crippen molar-refractivity contribution in [3.05, 3.63) is 11.2 Å². The molecule has 0 spiro atoms. The van der Waals surface area contributed by atoms with E-state index in [9.17, 15) is 28.3 Å². The molecule has 1 saturated heterocycles. The lowest BCUT2D eigenvalue weighted by Gasteiger charge is -2.35. The number of rotatable bonds is 13. The highest BCUT2D eigenvalue weighted by molar-refractivity contribution is 8.10. The Morgan fingerprint density at radius 3 is 2.15 bits per heavy atom. The largest absolute Gasteiger partial charge is 0.462 e. The monoisotopic (exact) mass is 638 g/mol. The van der Waals surface area contributed by atoms with Crippen LogP contribution in [0.25, 0.3) is 0 Å². The van der Waals surface area contributed by atoms with Crippen molar-refractivity contribution in [2.75, 3.05) is 13.2 Å². The maximum absolute atomic E-state index is 15.4. The summed E-state index contributed by atoms with van der Waals surface area (Å²) in [7, 11) is 0. The number of carbonyl (C=O) groups is 3. The second-order valence-corrected chi connectivity index (χ2v) is 13.7. The average molecular weight is 639 g/mol.